The summed E-state index contributed by atoms with van der Waals surface area (Å²) in [6.45, 7) is 4.44. The predicted octanol–water partition coefficient (Wildman–Crippen LogP) is 4.73. The number of unbranched alkanes of at least 4 members (excludes halogenated alkanes) is 1. The molecule has 0 aliphatic heterocycles. The van der Waals surface area contributed by atoms with Crippen molar-refractivity contribution in [2.24, 2.45) is 0 Å². The van der Waals surface area contributed by atoms with E-state index in [1.807, 2.05) is 73.0 Å². The molecule has 0 unspecified atom stereocenters. The van der Waals surface area contributed by atoms with Gasteiger partial charge in [0.25, 0.3) is 0 Å². The van der Waals surface area contributed by atoms with Crippen LogP contribution in [-0.4, -0.2) is 27.1 Å². The van der Waals surface area contributed by atoms with Crippen LogP contribution < -0.4 is 5.73 Å². The van der Waals surface area contributed by atoms with Crippen LogP contribution in [0.5, 0.6) is 0 Å². The summed E-state index contributed by atoms with van der Waals surface area (Å²) in [4.78, 5) is 22.4. The zero-order valence-electron chi connectivity index (χ0n) is 16.6. The second kappa shape index (κ2) is 7.91. The number of anilines is 1. The van der Waals surface area contributed by atoms with E-state index in [0.717, 1.165) is 23.9 Å². The third-order valence-corrected chi connectivity index (χ3v) is 5.14. The van der Waals surface area contributed by atoms with Gasteiger partial charge in [-0.15, -0.1) is 0 Å². The van der Waals surface area contributed by atoms with Crippen molar-refractivity contribution < 1.29 is 9.53 Å². The number of aromatic nitrogens is 3. The molecule has 29 heavy (non-hydrogen) atoms. The van der Waals surface area contributed by atoms with E-state index in [4.69, 9.17) is 20.4 Å². The molecular weight excluding hydrogens is 364 g/mol. The van der Waals surface area contributed by atoms with Crippen molar-refractivity contribution in [1.82, 2.24) is 14.5 Å². The van der Waals surface area contributed by atoms with Crippen molar-refractivity contribution in [3.05, 3.63) is 65.7 Å². The van der Waals surface area contributed by atoms with Gasteiger partial charge < -0.3 is 15.0 Å². The molecule has 2 heterocycles. The molecule has 6 nitrogen and oxygen atoms in total. The van der Waals surface area contributed by atoms with Gasteiger partial charge in [0.05, 0.1) is 23.7 Å². The number of hydrogen-bond donors (Lipinski definition) is 1. The number of nitrogens with two attached hydrogens (primary N) is 1. The van der Waals surface area contributed by atoms with E-state index in [2.05, 4.69) is 0 Å². The van der Waals surface area contributed by atoms with Crippen LogP contribution in [0.25, 0.3) is 22.2 Å². The first-order valence-electron chi connectivity index (χ1n) is 9.90. The van der Waals surface area contributed by atoms with E-state index >= 15 is 0 Å². The van der Waals surface area contributed by atoms with Gasteiger partial charge in [0.15, 0.2) is 5.65 Å². The summed E-state index contributed by atoms with van der Waals surface area (Å²) >= 11 is 0. The molecule has 0 aliphatic rings. The Balaban J connectivity index is 1.93. The van der Waals surface area contributed by atoms with Gasteiger partial charge in [-0.25, -0.2) is 14.8 Å². The number of ether oxygens (including phenoxy) is 1. The molecule has 4 aromatic rings. The number of hydrogen-bond acceptors (Lipinski definition) is 5. The molecule has 0 saturated heterocycles. The molecule has 0 aliphatic carbocycles. The van der Waals surface area contributed by atoms with Crippen LogP contribution in [-0.2, 0) is 4.74 Å². The topological polar surface area (TPSA) is 83.0 Å². The number of benzene rings is 2. The number of para-hydroxylation sites is 2. The number of rotatable bonds is 6. The van der Waals surface area contributed by atoms with E-state index in [-0.39, 0.29) is 11.6 Å². The predicted molar refractivity (Wildman–Crippen MR) is 115 cm³/mol. The first-order chi connectivity index (χ1) is 14.1. The Morgan fingerprint density at radius 3 is 2.41 bits per heavy atom. The van der Waals surface area contributed by atoms with Crippen LogP contribution >= 0.6 is 0 Å². The average Bonchev–Trinajstić information content (AvgIpc) is 3.03. The maximum atomic E-state index is 12.9. The lowest BCUT2D eigenvalue weighted by atomic mass is 10.1. The van der Waals surface area contributed by atoms with Gasteiger partial charge in [0, 0.05) is 0 Å². The van der Waals surface area contributed by atoms with Crippen LogP contribution in [0.4, 0.5) is 5.82 Å². The monoisotopic (exact) mass is 388 g/mol. The molecule has 0 radical (unpaired) electrons. The second-order valence-electron chi connectivity index (χ2n) is 7.09. The third kappa shape index (κ3) is 3.42. The first-order valence-corrected chi connectivity index (χ1v) is 9.90. The van der Waals surface area contributed by atoms with E-state index < -0.39 is 5.97 Å². The van der Waals surface area contributed by atoms with E-state index in [9.17, 15) is 4.79 Å². The van der Waals surface area contributed by atoms with Crippen molar-refractivity contribution in [1.29, 1.82) is 0 Å². The van der Waals surface area contributed by atoms with Gasteiger partial charge in [-0.2, -0.15) is 0 Å². The SMILES string of the molecule is CCCCOC(=O)c1c(N)n([C@@H](C)c2ccccc2)c2nc3ccccc3nc12. The number of carbonyl (C=O) groups is 1. The lowest BCUT2D eigenvalue weighted by Crippen LogP contribution is -2.13. The summed E-state index contributed by atoms with van der Waals surface area (Å²) in [6.07, 6.45) is 1.75. The van der Waals surface area contributed by atoms with Crippen LogP contribution in [0.2, 0.25) is 0 Å². The zero-order chi connectivity index (χ0) is 20.4. The minimum atomic E-state index is -0.454. The van der Waals surface area contributed by atoms with E-state index in [0.29, 0.717) is 29.1 Å². The van der Waals surface area contributed by atoms with Gasteiger partial charge in [0.2, 0.25) is 0 Å². The van der Waals surface area contributed by atoms with E-state index in [1.54, 1.807) is 0 Å². The Hall–Kier alpha value is -3.41. The van der Waals surface area contributed by atoms with Gasteiger partial charge in [-0.05, 0) is 31.0 Å². The fourth-order valence-electron chi connectivity index (χ4n) is 3.54. The van der Waals surface area contributed by atoms with Crippen molar-refractivity contribution in [3.63, 3.8) is 0 Å². The summed E-state index contributed by atoms with van der Waals surface area (Å²) < 4.78 is 7.34. The molecular formula is C23H24N4O2. The molecule has 0 bridgehead atoms. The Morgan fingerprint density at radius 2 is 1.72 bits per heavy atom. The zero-order valence-corrected chi connectivity index (χ0v) is 16.6. The van der Waals surface area contributed by atoms with Crippen LogP contribution in [0, 0.1) is 0 Å². The lowest BCUT2D eigenvalue weighted by molar-refractivity contribution is 0.0503. The maximum Gasteiger partial charge on any atom is 0.344 e. The Bertz CT molecular complexity index is 1170. The third-order valence-electron chi connectivity index (χ3n) is 5.14. The molecule has 0 saturated carbocycles. The van der Waals surface area contributed by atoms with Crippen molar-refractivity contribution in [2.75, 3.05) is 12.3 Å². The highest BCUT2D eigenvalue weighted by molar-refractivity contribution is 6.08. The summed E-state index contributed by atoms with van der Waals surface area (Å²) in [7, 11) is 0. The van der Waals surface area contributed by atoms with Gasteiger partial charge >= 0.3 is 5.97 Å². The molecule has 0 amide bonds. The van der Waals surface area contributed by atoms with Gasteiger partial charge in [-0.3, -0.25) is 0 Å². The minimum Gasteiger partial charge on any atom is -0.462 e. The molecule has 2 N–H and O–H groups in total. The highest BCUT2D eigenvalue weighted by Crippen LogP contribution is 2.33. The van der Waals surface area contributed by atoms with E-state index in [1.165, 1.54) is 0 Å². The fraction of sp³-hybridized carbons (Fsp3) is 0.261. The number of carbonyl (C=O) groups excluding carboxylic acids is 1. The highest BCUT2D eigenvalue weighted by atomic mass is 16.5. The van der Waals surface area contributed by atoms with Gasteiger partial charge in [-0.1, -0.05) is 55.8 Å². The quantitative estimate of drug-likeness (QED) is 0.381. The Morgan fingerprint density at radius 1 is 1.07 bits per heavy atom. The maximum absolute atomic E-state index is 12.9. The molecule has 1 atom stereocenters. The summed E-state index contributed by atoms with van der Waals surface area (Å²) in [6, 6.07) is 17.5. The average molecular weight is 388 g/mol. The second-order valence-corrected chi connectivity index (χ2v) is 7.09. The lowest BCUT2D eigenvalue weighted by Gasteiger charge is -2.17. The molecule has 4 rings (SSSR count). The number of fused-ring (bicyclic) bond motifs is 2. The fourth-order valence-corrected chi connectivity index (χ4v) is 3.54. The summed E-state index contributed by atoms with van der Waals surface area (Å²) in [5.74, 6) is -0.127. The largest absolute Gasteiger partial charge is 0.462 e. The Kier molecular flexibility index (Phi) is 5.16. The molecule has 6 heteroatoms. The highest BCUT2D eigenvalue weighted by Gasteiger charge is 2.27. The molecule has 2 aromatic heterocycles. The molecule has 2 aromatic carbocycles. The minimum absolute atomic E-state index is 0.119. The summed E-state index contributed by atoms with van der Waals surface area (Å²) in [5, 5.41) is 0. The van der Waals surface area contributed by atoms with Crippen molar-refractivity contribution in [3.8, 4) is 0 Å². The van der Waals surface area contributed by atoms with Crippen LogP contribution in [0.1, 0.15) is 48.7 Å². The first kappa shape index (κ1) is 18.9. The van der Waals surface area contributed by atoms with Crippen molar-refractivity contribution >= 4 is 34.0 Å². The number of esters is 1. The smallest absolute Gasteiger partial charge is 0.344 e. The molecule has 148 valence electrons. The number of nitrogens with zero attached hydrogens (tertiary/aromatic N) is 3. The Labute approximate surface area is 169 Å². The van der Waals surface area contributed by atoms with Crippen LogP contribution in [0.3, 0.4) is 0 Å². The number of nitrogen functional groups attached to an aromatic ring is 1. The standard InChI is InChI=1S/C23H24N4O2/c1-3-4-14-29-23(28)19-20-22(26-18-13-9-8-12-17(18)25-20)27(21(19)24)15(2)16-10-6-5-7-11-16/h5-13,15H,3-4,14,24H2,1-2H3/t15-/m0/s1. The summed E-state index contributed by atoms with van der Waals surface area (Å²) in [5.41, 5.74) is 10.4. The van der Waals surface area contributed by atoms with Crippen molar-refractivity contribution in [2.45, 2.75) is 32.7 Å². The molecule has 0 spiro atoms. The normalized spacial score (nSPS) is 12.3. The van der Waals surface area contributed by atoms with Crippen LogP contribution in [0.15, 0.2) is 54.6 Å². The van der Waals surface area contributed by atoms with Gasteiger partial charge in [0.1, 0.15) is 16.9 Å². The molecule has 0 fully saturated rings.